The molecular weight excluding hydrogens is 234 g/mol. The maximum atomic E-state index is 6.00. The van der Waals surface area contributed by atoms with Crippen molar-refractivity contribution >= 4 is 26.1 Å². The molecule has 0 fully saturated rings. The van der Waals surface area contributed by atoms with Crippen molar-refractivity contribution in [2.24, 2.45) is 0 Å². The van der Waals surface area contributed by atoms with Gasteiger partial charge in [0.15, 0.2) is 0 Å². The summed E-state index contributed by atoms with van der Waals surface area (Å²) in [5.41, 5.74) is 3.63. The van der Waals surface area contributed by atoms with E-state index < -0.39 is 8.80 Å². The van der Waals surface area contributed by atoms with Crippen molar-refractivity contribution in [1.29, 1.82) is 0 Å². The number of rotatable bonds is 3. The van der Waals surface area contributed by atoms with Gasteiger partial charge in [-0.25, -0.2) is 0 Å². The molecule has 0 saturated carbocycles. The first kappa shape index (κ1) is 12.0. The van der Waals surface area contributed by atoms with Gasteiger partial charge in [-0.15, -0.1) is 0 Å². The lowest BCUT2D eigenvalue weighted by atomic mass is 10.0. The SMILES string of the molecule is CC[SiH](CC)C1CNc2cc(Cl)ccc2C1. The Morgan fingerprint density at radius 2 is 2.12 bits per heavy atom. The van der Waals surface area contributed by atoms with Crippen LogP contribution in [0.25, 0.3) is 0 Å². The van der Waals surface area contributed by atoms with E-state index in [-0.39, 0.29) is 0 Å². The van der Waals surface area contributed by atoms with Gasteiger partial charge in [0.2, 0.25) is 0 Å². The Morgan fingerprint density at radius 1 is 1.38 bits per heavy atom. The minimum atomic E-state index is -0.540. The molecule has 1 unspecified atom stereocenters. The average Bonchev–Trinajstić information content (AvgIpc) is 2.31. The Hall–Kier alpha value is -0.473. The standard InChI is InChI=1S/C13H20ClNSi/c1-3-16(4-2)12-7-10-5-6-11(14)8-13(10)15-9-12/h5-6,8,12,15-16H,3-4,7,9H2,1-2H3. The van der Waals surface area contributed by atoms with Crippen LogP contribution in [0.15, 0.2) is 18.2 Å². The Kier molecular flexibility index (Phi) is 3.93. The maximum Gasteiger partial charge on any atom is 0.0426 e. The van der Waals surface area contributed by atoms with E-state index in [1.54, 1.807) is 0 Å². The number of benzene rings is 1. The predicted molar refractivity (Wildman–Crippen MR) is 75.5 cm³/mol. The second-order valence-corrected chi connectivity index (χ2v) is 9.26. The molecule has 1 aromatic rings. The molecular formula is C13H20ClNSi. The van der Waals surface area contributed by atoms with Gasteiger partial charge < -0.3 is 5.32 Å². The van der Waals surface area contributed by atoms with Crippen molar-refractivity contribution in [1.82, 2.24) is 0 Å². The van der Waals surface area contributed by atoms with Crippen molar-refractivity contribution in [3.05, 3.63) is 28.8 Å². The van der Waals surface area contributed by atoms with Crippen LogP contribution in [-0.4, -0.2) is 15.3 Å². The molecule has 0 amide bonds. The van der Waals surface area contributed by atoms with Crippen LogP contribution in [0.5, 0.6) is 0 Å². The van der Waals surface area contributed by atoms with E-state index in [4.69, 9.17) is 11.6 Å². The van der Waals surface area contributed by atoms with E-state index in [0.29, 0.717) is 0 Å². The first-order valence-electron chi connectivity index (χ1n) is 6.26. The summed E-state index contributed by atoms with van der Waals surface area (Å²) in [6.45, 7) is 5.88. The van der Waals surface area contributed by atoms with Gasteiger partial charge in [-0.2, -0.15) is 0 Å². The lowest BCUT2D eigenvalue weighted by Crippen LogP contribution is -2.30. The molecule has 0 saturated heterocycles. The molecule has 16 heavy (non-hydrogen) atoms. The largest absolute Gasteiger partial charge is 0.385 e. The predicted octanol–water partition coefficient (Wildman–Crippen LogP) is 3.95. The number of hydrogen-bond acceptors (Lipinski definition) is 1. The van der Waals surface area contributed by atoms with Crippen LogP contribution in [0.4, 0.5) is 5.69 Å². The molecule has 0 aliphatic carbocycles. The highest BCUT2D eigenvalue weighted by Gasteiger charge is 2.24. The molecule has 1 heterocycles. The van der Waals surface area contributed by atoms with E-state index in [1.807, 2.05) is 6.07 Å². The van der Waals surface area contributed by atoms with Gasteiger partial charge in [0.25, 0.3) is 0 Å². The minimum Gasteiger partial charge on any atom is -0.385 e. The second-order valence-electron chi connectivity index (χ2n) is 4.72. The third-order valence-electron chi connectivity index (χ3n) is 3.82. The van der Waals surface area contributed by atoms with Crippen LogP contribution in [0.3, 0.4) is 0 Å². The summed E-state index contributed by atoms with van der Waals surface area (Å²) in [6.07, 6.45) is 1.26. The summed E-state index contributed by atoms with van der Waals surface area (Å²) < 4.78 is 0. The Balaban J connectivity index is 2.14. The van der Waals surface area contributed by atoms with Crippen LogP contribution in [0, 0.1) is 0 Å². The van der Waals surface area contributed by atoms with Gasteiger partial charge in [0.05, 0.1) is 0 Å². The van der Waals surface area contributed by atoms with Crippen LogP contribution in [0.1, 0.15) is 19.4 Å². The molecule has 0 aromatic heterocycles. The number of halogens is 1. The molecule has 3 heteroatoms. The summed E-state index contributed by atoms with van der Waals surface area (Å²) in [5.74, 6) is 0. The van der Waals surface area contributed by atoms with E-state index in [9.17, 15) is 0 Å². The van der Waals surface area contributed by atoms with Crippen molar-refractivity contribution in [3.8, 4) is 0 Å². The molecule has 1 nitrogen and oxygen atoms in total. The second kappa shape index (κ2) is 5.24. The summed E-state index contributed by atoms with van der Waals surface area (Å²) in [6, 6.07) is 9.10. The molecule has 1 aliphatic heterocycles. The van der Waals surface area contributed by atoms with Gasteiger partial charge in [-0.05, 0) is 29.7 Å². The van der Waals surface area contributed by atoms with Crippen LogP contribution in [-0.2, 0) is 6.42 Å². The zero-order valence-corrected chi connectivity index (χ0v) is 12.0. The maximum absolute atomic E-state index is 6.00. The Morgan fingerprint density at radius 3 is 2.81 bits per heavy atom. The van der Waals surface area contributed by atoms with E-state index >= 15 is 0 Å². The van der Waals surface area contributed by atoms with Crippen LogP contribution in [0.2, 0.25) is 22.7 Å². The fraction of sp³-hybridized carbons (Fsp3) is 0.538. The number of hydrogen-bond donors (Lipinski definition) is 1. The molecule has 0 bridgehead atoms. The van der Waals surface area contributed by atoms with E-state index in [2.05, 4.69) is 31.3 Å². The normalized spacial score (nSPS) is 19.4. The summed E-state index contributed by atoms with van der Waals surface area (Å²) in [4.78, 5) is 0. The Bertz CT molecular complexity index is 363. The van der Waals surface area contributed by atoms with E-state index in [1.165, 1.54) is 29.8 Å². The zero-order valence-electron chi connectivity index (χ0n) is 10.1. The van der Waals surface area contributed by atoms with Gasteiger partial charge >= 0.3 is 0 Å². The fourth-order valence-corrected chi connectivity index (χ4v) is 5.90. The zero-order chi connectivity index (χ0) is 11.5. The highest BCUT2D eigenvalue weighted by molar-refractivity contribution is 6.60. The van der Waals surface area contributed by atoms with Crippen LogP contribution < -0.4 is 5.32 Å². The van der Waals surface area contributed by atoms with Crippen LogP contribution >= 0.6 is 11.6 Å². The molecule has 88 valence electrons. The highest BCUT2D eigenvalue weighted by atomic mass is 35.5. The quantitative estimate of drug-likeness (QED) is 0.805. The number of fused-ring (bicyclic) bond motifs is 1. The minimum absolute atomic E-state index is 0.540. The molecule has 0 spiro atoms. The van der Waals surface area contributed by atoms with Crippen molar-refractivity contribution in [2.45, 2.75) is 37.9 Å². The average molecular weight is 254 g/mol. The summed E-state index contributed by atoms with van der Waals surface area (Å²) >= 11 is 6.00. The van der Waals surface area contributed by atoms with Crippen molar-refractivity contribution in [2.75, 3.05) is 11.9 Å². The number of nitrogens with one attached hydrogen (secondary N) is 1. The molecule has 1 aliphatic rings. The first-order valence-corrected chi connectivity index (χ1v) is 8.94. The topological polar surface area (TPSA) is 12.0 Å². The third-order valence-corrected chi connectivity index (χ3v) is 7.96. The monoisotopic (exact) mass is 253 g/mol. The molecule has 0 radical (unpaired) electrons. The lowest BCUT2D eigenvalue weighted by molar-refractivity contribution is 0.796. The van der Waals surface area contributed by atoms with Crippen molar-refractivity contribution in [3.63, 3.8) is 0 Å². The summed E-state index contributed by atoms with van der Waals surface area (Å²) in [7, 11) is -0.540. The van der Waals surface area contributed by atoms with Gasteiger partial charge in [0.1, 0.15) is 0 Å². The lowest BCUT2D eigenvalue weighted by Gasteiger charge is -2.30. The first-order chi connectivity index (χ1) is 7.74. The molecule has 2 rings (SSSR count). The van der Waals surface area contributed by atoms with Gasteiger partial charge in [0, 0.05) is 26.1 Å². The highest BCUT2D eigenvalue weighted by Crippen LogP contribution is 2.32. The molecule has 1 N–H and O–H groups in total. The van der Waals surface area contributed by atoms with Gasteiger partial charge in [-0.1, -0.05) is 43.6 Å². The summed E-state index contributed by atoms with van der Waals surface area (Å²) in [5, 5.41) is 4.39. The Labute approximate surface area is 105 Å². The third kappa shape index (κ3) is 2.43. The molecule has 1 atom stereocenters. The smallest absolute Gasteiger partial charge is 0.0426 e. The molecule has 1 aromatic carbocycles. The van der Waals surface area contributed by atoms with E-state index in [0.717, 1.165) is 17.1 Å². The van der Waals surface area contributed by atoms with Crippen molar-refractivity contribution < 1.29 is 0 Å². The van der Waals surface area contributed by atoms with Gasteiger partial charge in [-0.3, -0.25) is 0 Å². The number of anilines is 1. The fourth-order valence-electron chi connectivity index (χ4n) is 2.78.